The van der Waals surface area contributed by atoms with E-state index in [1.165, 1.54) is 4.90 Å². The highest BCUT2D eigenvalue weighted by atomic mass is 32.2. The fourth-order valence-corrected chi connectivity index (χ4v) is 2.97. The Morgan fingerprint density at radius 3 is 2.52 bits per heavy atom. The van der Waals surface area contributed by atoms with Gasteiger partial charge in [0.1, 0.15) is 18.1 Å². The van der Waals surface area contributed by atoms with Crippen LogP contribution >= 0.6 is 11.8 Å². The van der Waals surface area contributed by atoms with E-state index < -0.39 is 30.0 Å². The summed E-state index contributed by atoms with van der Waals surface area (Å²) in [5, 5.41) is 14.5. The lowest BCUT2D eigenvalue weighted by Crippen LogP contribution is -2.50. The molecule has 1 aliphatic heterocycles. The second-order valence-corrected chi connectivity index (χ2v) is 6.80. The monoisotopic (exact) mass is 365 g/mol. The Balaban J connectivity index is 2.11. The quantitative estimate of drug-likeness (QED) is 0.439. The summed E-state index contributed by atoms with van der Waals surface area (Å²) in [6, 6.07) is 6.39. The largest absolute Gasteiger partial charge is 0.480 e. The van der Waals surface area contributed by atoms with Gasteiger partial charge in [0.15, 0.2) is 0 Å². The van der Waals surface area contributed by atoms with Crippen LogP contribution in [0.25, 0.3) is 0 Å². The smallest absolute Gasteiger partial charge is 0.322 e. The van der Waals surface area contributed by atoms with Gasteiger partial charge in [-0.3, -0.25) is 24.6 Å². The van der Waals surface area contributed by atoms with Crippen LogP contribution in [0.3, 0.4) is 0 Å². The van der Waals surface area contributed by atoms with Crippen LogP contribution in [-0.4, -0.2) is 59.6 Å². The van der Waals surface area contributed by atoms with Gasteiger partial charge in [-0.05, 0) is 37.5 Å². The molecule has 0 aliphatic carbocycles. The van der Waals surface area contributed by atoms with Gasteiger partial charge < -0.3 is 10.4 Å². The highest BCUT2D eigenvalue weighted by molar-refractivity contribution is 7.98. The van der Waals surface area contributed by atoms with E-state index in [2.05, 4.69) is 10.6 Å². The molecule has 8 heteroatoms. The molecule has 25 heavy (non-hydrogen) atoms. The highest BCUT2D eigenvalue weighted by Crippen LogP contribution is 2.23. The lowest BCUT2D eigenvalue weighted by molar-refractivity contribution is -0.137. The van der Waals surface area contributed by atoms with Gasteiger partial charge in [0.05, 0.1) is 0 Å². The summed E-state index contributed by atoms with van der Waals surface area (Å²) < 4.78 is 0. The SMILES string of the molecule is CSCCCNC(=O)[C@H](C)N(C(=O)[C@@H]1N[C@H]1C(=O)O)c1ccccc1. The van der Waals surface area contributed by atoms with Crippen molar-refractivity contribution in [2.45, 2.75) is 31.5 Å². The van der Waals surface area contributed by atoms with Crippen molar-refractivity contribution in [2.75, 3.05) is 23.5 Å². The van der Waals surface area contributed by atoms with Gasteiger partial charge in [0.2, 0.25) is 11.8 Å². The molecule has 0 spiro atoms. The summed E-state index contributed by atoms with van der Waals surface area (Å²) in [5.41, 5.74) is 0.567. The number of carboxylic acid groups (broad SMARTS) is 1. The molecule has 2 rings (SSSR count). The number of benzene rings is 1. The molecule has 0 aromatic heterocycles. The van der Waals surface area contributed by atoms with Crippen molar-refractivity contribution >= 4 is 35.2 Å². The maximum absolute atomic E-state index is 12.8. The average Bonchev–Trinajstić information content (AvgIpc) is 3.40. The van der Waals surface area contributed by atoms with Crippen molar-refractivity contribution < 1.29 is 19.5 Å². The highest BCUT2D eigenvalue weighted by Gasteiger charge is 2.50. The Hall–Kier alpha value is -2.06. The Labute approximate surface area is 151 Å². The van der Waals surface area contributed by atoms with Crippen LogP contribution < -0.4 is 15.5 Å². The third-order valence-corrected chi connectivity index (χ3v) is 4.68. The Kier molecular flexibility index (Phi) is 6.83. The standard InChI is InChI=1S/C17H23N3O4S/c1-11(15(21)18-9-6-10-25-2)20(12-7-4-3-5-8-12)16(22)13-14(19-13)17(23)24/h3-5,7-8,11,13-14,19H,6,9-10H2,1-2H3,(H,18,21)(H,23,24)/t11-,13+,14+/m0/s1. The Bertz CT molecular complexity index is 626. The molecular formula is C17H23N3O4S. The fraction of sp³-hybridized carbons (Fsp3) is 0.471. The number of nitrogens with one attached hydrogen (secondary N) is 2. The minimum Gasteiger partial charge on any atom is -0.480 e. The number of carboxylic acids is 1. The van der Waals surface area contributed by atoms with Crippen LogP contribution in [0.4, 0.5) is 5.69 Å². The van der Waals surface area contributed by atoms with Crippen molar-refractivity contribution in [3.63, 3.8) is 0 Å². The summed E-state index contributed by atoms with van der Waals surface area (Å²) in [5.74, 6) is -0.792. The molecule has 0 bridgehead atoms. The van der Waals surface area contributed by atoms with Crippen molar-refractivity contribution in [1.29, 1.82) is 0 Å². The van der Waals surface area contributed by atoms with E-state index in [0.717, 1.165) is 12.2 Å². The van der Waals surface area contributed by atoms with E-state index in [-0.39, 0.29) is 5.91 Å². The molecule has 1 heterocycles. The molecule has 1 fully saturated rings. The number of aliphatic carboxylic acids is 1. The number of anilines is 1. The van der Waals surface area contributed by atoms with Crippen LogP contribution in [0, 0.1) is 0 Å². The van der Waals surface area contributed by atoms with E-state index in [4.69, 9.17) is 5.11 Å². The molecule has 0 saturated carbocycles. The van der Waals surface area contributed by atoms with Crippen molar-refractivity contribution in [3.05, 3.63) is 30.3 Å². The van der Waals surface area contributed by atoms with E-state index in [9.17, 15) is 14.4 Å². The van der Waals surface area contributed by atoms with Gasteiger partial charge in [-0.1, -0.05) is 18.2 Å². The molecule has 3 atom stereocenters. The molecule has 136 valence electrons. The van der Waals surface area contributed by atoms with Crippen LogP contribution in [-0.2, 0) is 14.4 Å². The molecule has 0 radical (unpaired) electrons. The fourth-order valence-electron chi connectivity index (χ4n) is 2.54. The predicted octanol–water partition coefficient (Wildman–Crippen LogP) is 0.702. The first kappa shape index (κ1) is 19.3. The van der Waals surface area contributed by atoms with Crippen LogP contribution in [0.1, 0.15) is 13.3 Å². The minimum atomic E-state index is -1.07. The maximum atomic E-state index is 12.8. The zero-order chi connectivity index (χ0) is 18.4. The molecule has 1 aliphatic rings. The molecule has 7 nitrogen and oxygen atoms in total. The first-order valence-corrected chi connectivity index (χ1v) is 9.50. The Morgan fingerprint density at radius 2 is 1.96 bits per heavy atom. The average molecular weight is 365 g/mol. The van der Waals surface area contributed by atoms with Gasteiger partial charge >= 0.3 is 5.97 Å². The first-order valence-electron chi connectivity index (χ1n) is 8.11. The number of thioether (sulfide) groups is 1. The van der Waals surface area contributed by atoms with E-state index >= 15 is 0 Å². The second-order valence-electron chi connectivity index (χ2n) is 5.82. The normalized spacial score (nSPS) is 19.8. The van der Waals surface area contributed by atoms with Gasteiger partial charge in [-0.2, -0.15) is 11.8 Å². The number of nitrogens with zero attached hydrogens (tertiary/aromatic N) is 1. The number of amides is 2. The number of carbonyl (C=O) groups excluding carboxylic acids is 2. The number of hydrogen-bond acceptors (Lipinski definition) is 5. The zero-order valence-corrected chi connectivity index (χ0v) is 15.1. The number of para-hydroxylation sites is 1. The summed E-state index contributed by atoms with van der Waals surface area (Å²) in [4.78, 5) is 37.6. The van der Waals surface area contributed by atoms with E-state index in [0.29, 0.717) is 12.2 Å². The van der Waals surface area contributed by atoms with Crippen LogP contribution in [0.2, 0.25) is 0 Å². The van der Waals surface area contributed by atoms with Crippen LogP contribution in [0.5, 0.6) is 0 Å². The van der Waals surface area contributed by atoms with E-state index in [1.54, 1.807) is 43.0 Å². The summed E-state index contributed by atoms with van der Waals surface area (Å²) in [6.45, 7) is 2.19. The maximum Gasteiger partial charge on any atom is 0.322 e. The first-order chi connectivity index (χ1) is 12.0. The molecule has 1 saturated heterocycles. The summed E-state index contributed by atoms with van der Waals surface area (Å²) in [7, 11) is 0. The second kappa shape index (κ2) is 8.87. The lowest BCUT2D eigenvalue weighted by atomic mass is 10.1. The molecule has 2 amide bonds. The number of hydrogen-bond donors (Lipinski definition) is 3. The Morgan fingerprint density at radius 1 is 1.28 bits per heavy atom. The van der Waals surface area contributed by atoms with E-state index in [1.807, 2.05) is 12.3 Å². The minimum absolute atomic E-state index is 0.258. The topological polar surface area (TPSA) is 109 Å². The molecule has 1 aromatic rings. The molecular weight excluding hydrogens is 342 g/mol. The van der Waals surface area contributed by atoms with Crippen molar-refractivity contribution in [1.82, 2.24) is 10.6 Å². The third kappa shape index (κ3) is 4.96. The summed E-state index contributed by atoms with van der Waals surface area (Å²) >= 11 is 1.71. The number of rotatable bonds is 9. The predicted molar refractivity (Wildman–Crippen MR) is 97.7 cm³/mol. The lowest BCUT2D eigenvalue weighted by Gasteiger charge is -2.28. The van der Waals surface area contributed by atoms with Crippen molar-refractivity contribution in [3.8, 4) is 0 Å². The van der Waals surface area contributed by atoms with Gasteiger partial charge in [-0.25, -0.2) is 0 Å². The molecule has 1 aromatic carbocycles. The van der Waals surface area contributed by atoms with Gasteiger partial charge in [0.25, 0.3) is 0 Å². The van der Waals surface area contributed by atoms with Gasteiger partial charge in [0, 0.05) is 12.2 Å². The zero-order valence-electron chi connectivity index (χ0n) is 14.3. The van der Waals surface area contributed by atoms with Crippen LogP contribution in [0.15, 0.2) is 30.3 Å². The van der Waals surface area contributed by atoms with Crippen molar-refractivity contribution in [2.24, 2.45) is 0 Å². The molecule has 3 N–H and O–H groups in total. The third-order valence-electron chi connectivity index (χ3n) is 3.98. The number of carbonyl (C=O) groups is 3. The summed E-state index contributed by atoms with van der Waals surface area (Å²) in [6.07, 6.45) is 2.85. The van der Waals surface area contributed by atoms with Gasteiger partial charge in [-0.15, -0.1) is 0 Å². The molecule has 0 unspecified atom stereocenters.